The topological polar surface area (TPSA) is 59.3 Å². The molecule has 1 aliphatic rings. The van der Waals surface area contributed by atoms with E-state index in [-0.39, 0.29) is 10.8 Å². The van der Waals surface area contributed by atoms with Crippen LogP contribution < -0.4 is 4.90 Å². The number of aromatic nitrogens is 1. The molecule has 0 spiro atoms. The Morgan fingerprint density at radius 2 is 2.11 bits per heavy atom. The van der Waals surface area contributed by atoms with Gasteiger partial charge in [-0.25, -0.2) is 4.98 Å². The van der Waals surface area contributed by atoms with E-state index < -0.39 is 4.92 Å². The van der Waals surface area contributed by atoms with Gasteiger partial charge in [0.2, 0.25) is 0 Å². The van der Waals surface area contributed by atoms with Crippen molar-refractivity contribution in [3.05, 3.63) is 27.4 Å². The molecule has 0 atom stereocenters. The summed E-state index contributed by atoms with van der Waals surface area (Å²) >= 11 is 5.85. The van der Waals surface area contributed by atoms with Crippen LogP contribution in [0.1, 0.15) is 33.1 Å². The highest BCUT2D eigenvalue weighted by Crippen LogP contribution is 2.36. The van der Waals surface area contributed by atoms with Gasteiger partial charge in [-0.15, -0.1) is 0 Å². The minimum absolute atomic E-state index is 0.00109. The molecule has 19 heavy (non-hydrogen) atoms. The molecule has 0 aromatic carbocycles. The van der Waals surface area contributed by atoms with E-state index in [2.05, 4.69) is 23.7 Å². The molecule has 0 N–H and O–H groups in total. The highest BCUT2D eigenvalue weighted by molar-refractivity contribution is 6.29. The number of halogens is 1. The highest BCUT2D eigenvalue weighted by atomic mass is 35.5. The van der Waals surface area contributed by atoms with Crippen molar-refractivity contribution in [1.29, 1.82) is 0 Å². The summed E-state index contributed by atoms with van der Waals surface area (Å²) < 4.78 is 0. The largest absolute Gasteiger partial charge is 0.356 e. The van der Waals surface area contributed by atoms with Gasteiger partial charge < -0.3 is 4.90 Å². The molecule has 0 unspecified atom stereocenters. The second-order valence-electron chi connectivity index (χ2n) is 5.41. The third-order valence-corrected chi connectivity index (χ3v) is 4.32. The number of nitro groups is 1. The monoisotopic (exact) mass is 283 g/mol. The van der Waals surface area contributed by atoms with E-state index >= 15 is 0 Å². The fraction of sp³-hybridized carbons (Fsp3) is 0.615. The van der Waals surface area contributed by atoms with Crippen LogP contribution in [0.2, 0.25) is 5.15 Å². The maximum Gasteiger partial charge on any atom is 0.276 e. The number of pyridine rings is 1. The van der Waals surface area contributed by atoms with Crippen molar-refractivity contribution in [2.75, 3.05) is 18.0 Å². The first kappa shape index (κ1) is 14.1. The van der Waals surface area contributed by atoms with Gasteiger partial charge in [-0.3, -0.25) is 10.1 Å². The minimum atomic E-state index is -0.433. The van der Waals surface area contributed by atoms with Gasteiger partial charge >= 0.3 is 0 Å². The van der Waals surface area contributed by atoms with Gasteiger partial charge in [-0.2, -0.15) is 0 Å². The molecule has 0 radical (unpaired) electrons. The van der Waals surface area contributed by atoms with Crippen LogP contribution in [0.3, 0.4) is 0 Å². The maximum absolute atomic E-state index is 10.8. The first-order chi connectivity index (χ1) is 8.93. The number of anilines is 1. The Morgan fingerprint density at radius 3 is 2.63 bits per heavy atom. The lowest BCUT2D eigenvalue weighted by molar-refractivity contribution is -0.384. The summed E-state index contributed by atoms with van der Waals surface area (Å²) in [4.78, 5) is 16.7. The van der Waals surface area contributed by atoms with Crippen molar-refractivity contribution in [3.8, 4) is 0 Å². The van der Waals surface area contributed by atoms with E-state index in [1.165, 1.54) is 12.1 Å². The summed E-state index contributed by atoms with van der Waals surface area (Å²) in [5.41, 5.74) is 0.375. The van der Waals surface area contributed by atoms with Gasteiger partial charge in [0, 0.05) is 13.1 Å². The molecular formula is C13H18ClN3O2. The summed E-state index contributed by atoms with van der Waals surface area (Å²) in [5, 5.41) is 11.0. The zero-order valence-corrected chi connectivity index (χ0v) is 12.0. The van der Waals surface area contributed by atoms with E-state index in [4.69, 9.17) is 11.6 Å². The lowest BCUT2D eigenvalue weighted by atomic mass is 9.78. The van der Waals surface area contributed by atoms with Crippen LogP contribution in [-0.2, 0) is 0 Å². The normalized spacial score (nSPS) is 18.4. The number of hydrogen-bond acceptors (Lipinski definition) is 4. The second-order valence-corrected chi connectivity index (χ2v) is 5.80. The number of hydrogen-bond donors (Lipinski definition) is 0. The first-order valence-electron chi connectivity index (χ1n) is 6.50. The first-order valence-corrected chi connectivity index (χ1v) is 6.88. The predicted octanol–water partition coefficient (Wildman–Crippen LogP) is 3.66. The summed E-state index contributed by atoms with van der Waals surface area (Å²) in [6.45, 7) is 6.24. The third kappa shape index (κ3) is 3.15. The molecule has 1 aromatic heterocycles. The van der Waals surface area contributed by atoms with E-state index in [1.807, 2.05) is 0 Å². The molecule has 0 amide bonds. The zero-order valence-electron chi connectivity index (χ0n) is 11.2. The Bertz CT molecular complexity index is 485. The van der Waals surface area contributed by atoms with Crippen LogP contribution in [0.25, 0.3) is 0 Å². The number of rotatable bonds is 3. The van der Waals surface area contributed by atoms with Gasteiger partial charge in [0.25, 0.3) is 5.69 Å². The summed E-state index contributed by atoms with van der Waals surface area (Å²) in [5.74, 6) is 0.609. The molecule has 2 heterocycles. The Hall–Kier alpha value is -1.36. The van der Waals surface area contributed by atoms with Crippen LogP contribution in [0.15, 0.2) is 12.1 Å². The molecule has 6 heteroatoms. The molecule has 0 saturated carbocycles. The van der Waals surface area contributed by atoms with Gasteiger partial charge in [0.05, 0.1) is 17.1 Å². The van der Waals surface area contributed by atoms with Gasteiger partial charge in [0.1, 0.15) is 11.0 Å². The molecule has 2 rings (SSSR count). The van der Waals surface area contributed by atoms with Crippen molar-refractivity contribution < 1.29 is 4.92 Å². The molecule has 1 aromatic rings. The fourth-order valence-electron chi connectivity index (χ4n) is 2.37. The van der Waals surface area contributed by atoms with E-state index in [9.17, 15) is 10.1 Å². The summed E-state index contributed by atoms with van der Waals surface area (Å²) in [6, 6.07) is 2.78. The average Bonchev–Trinajstić information content (AvgIpc) is 2.39. The SMILES string of the molecule is CCC1(C)CCN(c2cc([N+](=O)[O-])cc(Cl)n2)CC1. The Labute approximate surface area is 117 Å². The molecule has 5 nitrogen and oxygen atoms in total. The smallest absolute Gasteiger partial charge is 0.276 e. The van der Waals surface area contributed by atoms with Crippen LogP contribution >= 0.6 is 11.6 Å². The van der Waals surface area contributed by atoms with E-state index in [0.717, 1.165) is 32.4 Å². The lowest BCUT2D eigenvalue weighted by Crippen LogP contribution is -2.38. The van der Waals surface area contributed by atoms with Crippen molar-refractivity contribution in [1.82, 2.24) is 4.98 Å². The summed E-state index contributed by atoms with van der Waals surface area (Å²) in [7, 11) is 0. The zero-order chi connectivity index (χ0) is 14.0. The van der Waals surface area contributed by atoms with Gasteiger partial charge in [-0.05, 0) is 18.3 Å². The molecule has 1 saturated heterocycles. The molecule has 0 aliphatic carbocycles. The van der Waals surface area contributed by atoms with Crippen LogP contribution in [0, 0.1) is 15.5 Å². The molecule has 1 fully saturated rings. The van der Waals surface area contributed by atoms with E-state index in [0.29, 0.717) is 11.2 Å². The minimum Gasteiger partial charge on any atom is -0.356 e. The Balaban J connectivity index is 2.17. The van der Waals surface area contributed by atoms with Crippen molar-refractivity contribution in [3.63, 3.8) is 0 Å². The van der Waals surface area contributed by atoms with Crippen LogP contribution in [0.4, 0.5) is 11.5 Å². The summed E-state index contributed by atoms with van der Waals surface area (Å²) in [6.07, 6.45) is 3.31. The Morgan fingerprint density at radius 1 is 1.47 bits per heavy atom. The third-order valence-electron chi connectivity index (χ3n) is 4.12. The van der Waals surface area contributed by atoms with Gasteiger partial charge in [-0.1, -0.05) is 31.9 Å². The fourth-order valence-corrected chi connectivity index (χ4v) is 2.56. The standard InChI is InChI=1S/C13H18ClN3O2/c1-3-13(2)4-6-16(7-5-13)12-9-10(17(18)19)8-11(14)15-12/h8-9H,3-7H2,1-2H3. The quantitative estimate of drug-likeness (QED) is 0.482. The lowest BCUT2D eigenvalue weighted by Gasteiger charge is -2.39. The van der Waals surface area contributed by atoms with Crippen LogP contribution in [-0.4, -0.2) is 23.0 Å². The van der Waals surface area contributed by atoms with Crippen molar-refractivity contribution in [2.24, 2.45) is 5.41 Å². The predicted molar refractivity (Wildman–Crippen MR) is 75.7 cm³/mol. The molecular weight excluding hydrogens is 266 g/mol. The maximum atomic E-state index is 10.8. The second kappa shape index (κ2) is 5.33. The van der Waals surface area contributed by atoms with E-state index in [1.54, 1.807) is 0 Å². The number of piperidine rings is 1. The average molecular weight is 284 g/mol. The highest BCUT2D eigenvalue weighted by Gasteiger charge is 2.29. The molecule has 0 bridgehead atoms. The van der Waals surface area contributed by atoms with Crippen molar-refractivity contribution in [2.45, 2.75) is 33.1 Å². The molecule has 104 valence electrons. The van der Waals surface area contributed by atoms with Crippen LogP contribution in [0.5, 0.6) is 0 Å². The van der Waals surface area contributed by atoms with Crippen molar-refractivity contribution >= 4 is 23.1 Å². The molecule has 1 aliphatic heterocycles. The number of nitrogens with zero attached hydrogens (tertiary/aromatic N) is 3. The van der Waals surface area contributed by atoms with Gasteiger partial charge in [0.15, 0.2) is 0 Å². The Kier molecular flexibility index (Phi) is 3.94.